The van der Waals surface area contributed by atoms with E-state index < -0.39 is 0 Å². The normalized spacial score (nSPS) is 15.1. The Bertz CT molecular complexity index is 1140. The minimum absolute atomic E-state index is 0.0509. The molecule has 3 nitrogen and oxygen atoms in total. The lowest BCUT2D eigenvalue weighted by atomic mass is 9.82. The second-order valence-electron chi connectivity index (χ2n) is 9.62. The lowest BCUT2D eigenvalue weighted by Crippen LogP contribution is -2.26. The third-order valence-corrected chi connectivity index (χ3v) is 5.70. The van der Waals surface area contributed by atoms with Crippen LogP contribution < -0.4 is 4.90 Å². The van der Waals surface area contributed by atoms with Crippen molar-refractivity contribution < 1.29 is 9.53 Å². The minimum atomic E-state index is 0.0509. The van der Waals surface area contributed by atoms with Crippen LogP contribution in [0.3, 0.4) is 0 Å². The fourth-order valence-corrected chi connectivity index (χ4v) is 4.40. The lowest BCUT2D eigenvalue weighted by molar-refractivity contribution is -0.113. The first-order valence-corrected chi connectivity index (χ1v) is 11.1. The molecule has 0 saturated carbocycles. The molecule has 1 aliphatic rings. The Labute approximate surface area is 191 Å². The van der Waals surface area contributed by atoms with E-state index in [4.69, 9.17) is 4.74 Å². The number of fused-ring (bicyclic) bond motifs is 1. The molecular formula is C29H31NO2. The van der Waals surface area contributed by atoms with Gasteiger partial charge in [-0.1, -0.05) is 93.6 Å². The van der Waals surface area contributed by atoms with Gasteiger partial charge in [0.15, 0.2) is 0 Å². The Hall–Kier alpha value is -3.17. The maximum absolute atomic E-state index is 13.9. The molecule has 0 spiro atoms. The molecule has 3 heteroatoms. The Morgan fingerprint density at radius 3 is 2.28 bits per heavy atom. The Morgan fingerprint density at radius 2 is 1.56 bits per heavy atom. The number of methoxy groups -OCH3 is 1. The maximum Gasteiger partial charge on any atom is 0.259 e. The number of anilines is 1. The number of para-hydroxylation sites is 1. The van der Waals surface area contributed by atoms with Gasteiger partial charge in [-0.3, -0.25) is 4.79 Å². The molecule has 164 valence electrons. The molecule has 0 bridgehead atoms. The average Bonchev–Trinajstić information content (AvgIpc) is 3.04. The van der Waals surface area contributed by atoms with Crippen LogP contribution in [0.4, 0.5) is 5.69 Å². The zero-order valence-electron chi connectivity index (χ0n) is 19.4. The van der Waals surface area contributed by atoms with Crippen LogP contribution in [0.15, 0.2) is 78.9 Å². The maximum atomic E-state index is 13.9. The fraction of sp³-hybridized carbons (Fsp3) is 0.276. The summed E-state index contributed by atoms with van der Waals surface area (Å²) in [6, 6.07) is 26.8. The number of carbonyl (C=O) groups excluding carboxylic acids is 1. The molecule has 3 aromatic rings. The fourth-order valence-electron chi connectivity index (χ4n) is 4.40. The van der Waals surface area contributed by atoms with E-state index in [0.29, 0.717) is 13.2 Å². The standard InChI is InChI=1S/C29H31NO2/c1-29(2,3)18-25(23-13-6-5-7-14-23)27-24-15-8-9-16-26(24)30(28(27)31)19-21-11-10-12-22(17-21)20-32-4/h5-17H,18-20H2,1-4H3. The summed E-state index contributed by atoms with van der Waals surface area (Å²) in [6.45, 7) is 7.77. The van der Waals surface area contributed by atoms with Gasteiger partial charge < -0.3 is 9.64 Å². The Kier molecular flexibility index (Phi) is 6.29. The number of hydrogen-bond donors (Lipinski definition) is 0. The number of rotatable bonds is 6. The van der Waals surface area contributed by atoms with Crippen LogP contribution in [0.5, 0.6) is 0 Å². The second-order valence-corrected chi connectivity index (χ2v) is 9.62. The first-order valence-electron chi connectivity index (χ1n) is 11.1. The van der Waals surface area contributed by atoms with Gasteiger partial charge in [-0.05, 0) is 40.2 Å². The van der Waals surface area contributed by atoms with Crippen molar-refractivity contribution in [3.8, 4) is 0 Å². The Balaban J connectivity index is 1.82. The van der Waals surface area contributed by atoms with Gasteiger partial charge in [0, 0.05) is 12.7 Å². The van der Waals surface area contributed by atoms with E-state index in [2.05, 4.69) is 63.2 Å². The molecule has 1 aliphatic heterocycles. The quantitative estimate of drug-likeness (QED) is 0.410. The van der Waals surface area contributed by atoms with Crippen LogP contribution in [0.1, 0.15) is 49.4 Å². The summed E-state index contributed by atoms with van der Waals surface area (Å²) in [4.78, 5) is 15.8. The number of allylic oxidation sites excluding steroid dienone is 1. The molecule has 0 saturated heterocycles. The third kappa shape index (κ3) is 4.68. The van der Waals surface area contributed by atoms with Crippen molar-refractivity contribution in [1.82, 2.24) is 0 Å². The van der Waals surface area contributed by atoms with E-state index in [1.807, 2.05) is 41.3 Å². The van der Waals surface area contributed by atoms with Crippen molar-refractivity contribution in [3.05, 3.63) is 101 Å². The number of nitrogens with zero attached hydrogens (tertiary/aromatic N) is 1. The van der Waals surface area contributed by atoms with Gasteiger partial charge in [0.1, 0.15) is 0 Å². The monoisotopic (exact) mass is 425 g/mol. The molecule has 0 fully saturated rings. The molecule has 32 heavy (non-hydrogen) atoms. The number of amides is 1. The number of hydrogen-bond acceptors (Lipinski definition) is 2. The first-order chi connectivity index (χ1) is 15.4. The van der Waals surface area contributed by atoms with E-state index in [0.717, 1.165) is 45.5 Å². The van der Waals surface area contributed by atoms with Crippen molar-refractivity contribution >= 4 is 22.7 Å². The van der Waals surface area contributed by atoms with Gasteiger partial charge in [-0.25, -0.2) is 0 Å². The molecule has 4 rings (SSSR count). The predicted molar refractivity (Wildman–Crippen MR) is 132 cm³/mol. The SMILES string of the molecule is COCc1cccc(CN2C(=O)C(=C(CC(C)(C)C)c3ccccc3)c3ccccc32)c1. The highest BCUT2D eigenvalue weighted by Crippen LogP contribution is 2.44. The first kappa shape index (κ1) is 22.0. The summed E-state index contributed by atoms with van der Waals surface area (Å²) in [5.74, 6) is 0.0754. The summed E-state index contributed by atoms with van der Waals surface area (Å²) in [5.41, 5.74) is 7.32. The van der Waals surface area contributed by atoms with E-state index >= 15 is 0 Å². The molecule has 0 unspecified atom stereocenters. The van der Waals surface area contributed by atoms with Gasteiger partial charge in [-0.15, -0.1) is 0 Å². The lowest BCUT2D eigenvalue weighted by Gasteiger charge is -2.23. The summed E-state index contributed by atoms with van der Waals surface area (Å²) < 4.78 is 5.29. The van der Waals surface area contributed by atoms with Crippen LogP contribution in [0.25, 0.3) is 11.1 Å². The van der Waals surface area contributed by atoms with Crippen LogP contribution >= 0.6 is 0 Å². The van der Waals surface area contributed by atoms with Crippen molar-refractivity contribution in [2.24, 2.45) is 5.41 Å². The van der Waals surface area contributed by atoms with Crippen LogP contribution in [0, 0.1) is 5.41 Å². The molecular weight excluding hydrogens is 394 g/mol. The van der Waals surface area contributed by atoms with Crippen LogP contribution in [-0.4, -0.2) is 13.0 Å². The van der Waals surface area contributed by atoms with Crippen LogP contribution in [0.2, 0.25) is 0 Å². The zero-order chi connectivity index (χ0) is 22.7. The van der Waals surface area contributed by atoms with Crippen molar-refractivity contribution in [2.75, 3.05) is 12.0 Å². The van der Waals surface area contributed by atoms with Crippen molar-refractivity contribution in [3.63, 3.8) is 0 Å². The van der Waals surface area contributed by atoms with Gasteiger partial charge in [0.05, 0.1) is 24.4 Å². The second kappa shape index (κ2) is 9.13. The summed E-state index contributed by atoms with van der Waals surface area (Å²) >= 11 is 0. The summed E-state index contributed by atoms with van der Waals surface area (Å²) in [5, 5.41) is 0. The number of benzene rings is 3. The molecule has 0 aromatic heterocycles. The highest BCUT2D eigenvalue weighted by molar-refractivity contribution is 6.37. The molecule has 3 aromatic carbocycles. The summed E-state index contributed by atoms with van der Waals surface area (Å²) in [6.07, 6.45) is 0.823. The third-order valence-electron chi connectivity index (χ3n) is 5.70. The number of ether oxygens (including phenoxy) is 1. The molecule has 0 N–H and O–H groups in total. The highest BCUT2D eigenvalue weighted by Gasteiger charge is 2.35. The molecule has 0 atom stereocenters. The van der Waals surface area contributed by atoms with E-state index in [9.17, 15) is 4.79 Å². The summed E-state index contributed by atoms with van der Waals surface area (Å²) in [7, 11) is 1.70. The van der Waals surface area contributed by atoms with Gasteiger partial charge in [0.2, 0.25) is 0 Å². The molecule has 0 radical (unpaired) electrons. The van der Waals surface area contributed by atoms with E-state index in [-0.39, 0.29) is 11.3 Å². The molecule has 0 aliphatic carbocycles. The largest absolute Gasteiger partial charge is 0.380 e. The molecule has 1 heterocycles. The average molecular weight is 426 g/mol. The zero-order valence-corrected chi connectivity index (χ0v) is 19.4. The van der Waals surface area contributed by atoms with Gasteiger partial charge in [-0.2, -0.15) is 0 Å². The predicted octanol–water partition coefficient (Wildman–Crippen LogP) is 6.73. The Morgan fingerprint density at radius 1 is 0.875 bits per heavy atom. The highest BCUT2D eigenvalue weighted by atomic mass is 16.5. The van der Waals surface area contributed by atoms with Crippen LogP contribution in [-0.2, 0) is 22.7 Å². The van der Waals surface area contributed by atoms with Gasteiger partial charge >= 0.3 is 0 Å². The minimum Gasteiger partial charge on any atom is -0.380 e. The molecule has 1 amide bonds. The topological polar surface area (TPSA) is 29.5 Å². The van der Waals surface area contributed by atoms with Crippen molar-refractivity contribution in [2.45, 2.75) is 40.3 Å². The van der Waals surface area contributed by atoms with E-state index in [1.54, 1.807) is 7.11 Å². The smallest absolute Gasteiger partial charge is 0.259 e. The van der Waals surface area contributed by atoms with Gasteiger partial charge in [0.25, 0.3) is 5.91 Å². The van der Waals surface area contributed by atoms with Crippen molar-refractivity contribution in [1.29, 1.82) is 0 Å². The van der Waals surface area contributed by atoms with E-state index in [1.165, 1.54) is 0 Å². The number of carbonyl (C=O) groups is 1.